The first kappa shape index (κ1) is 37.1. The number of aromatic amines is 1. The van der Waals surface area contributed by atoms with Gasteiger partial charge in [-0.2, -0.15) is 5.01 Å². The molecule has 1 unspecified atom stereocenters. The number of amides is 2. The summed E-state index contributed by atoms with van der Waals surface area (Å²) in [5.41, 5.74) is 0.317. The van der Waals surface area contributed by atoms with Gasteiger partial charge in [0.2, 0.25) is 5.91 Å². The van der Waals surface area contributed by atoms with Crippen molar-refractivity contribution in [1.29, 1.82) is 0 Å². The molecule has 2 heterocycles. The molecule has 4 rings (SSSR count). The number of carbonyl (C=O) groups is 2. The van der Waals surface area contributed by atoms with Crippen molar-refractivity contribution >= 4 is 58.1 Å². The number of unbranched alkanes of at least 4 members (excludes halogenated alkanes) is 15. The molecular formula is C37H49Cl3N4O3. The van der Waals surface area contributed by atoms with Gasteiger partial charge >= 0.3 is 0 Å². The molecule has 1 N–H and O–H groups in total. The zero-order chi connectivity index (χ0) is 33.6. The molecule has 0 radical (unpaired) electrons. The monoisotopic (exact) mass is 702 g/mol. The number of aromatic nitrogens is 2. The molecule has 0 aliphatic carbocycles. The molecule has 47 heavy (non-hydrogen) atoms. The van der Waals surface area contributed by atoms with E-state index in [-0.39, 0.29) is 39.8 Å². The van der Waals surface area contributed by atoms with Gasteiger partial charge in [-0.15, -0.1) is 0 Å². The summed E-state index contributed by atoms with van der Waals surface area (Å²) in [7, 11) is 0. The van der Waals surface area contributed by atoms with Crippen LogP contribution in [0, 0.1) is 5.92 Å². The van der Waals surface area contributed by atoms with E-state index in [2.05, 4.69) is 12.0 Å². The topological polar surface area (TPSA) is 78.4 Å². The van der Waals surface area contributed by atoms with Crippen molar-refractivity contribution in [3.8, 4) is 5.69 Å². The maximum Gasteiger partial charge on any atom is 0.273 e. The first-order valence-electron chi connectivity index (χ1n) is 17.5. The van der Waals surface area contributed by atoms with Crippen LogP contribution >= 0.6 is 34.8 Å². The highest BCUT2D eigenvalue weighted by molar-refractivity contribution is 6.40. The van der Waals surface area contributed by atoms with E-state index in [0.717, 1.165) is 24.3 Å². The molecule has 256 valence electrons. The van der Waals surface area contributed by atoms with Crippen LogP contribution in [0.1, 0.15) is 122 Å². The number of para-hydroxylation sites is 1. The fourth-order valence-electron chi connectivity index (χ4n) is 6.39. The first-order valence-corrected chi connectivity index (χ1v) is 18.6. The summed E-state index contributed by atoms with van der Waals surface area (Å²) in [5, 5.41) is 6.32. The van der Waals surface area contributed by atoms with Gasteiger partial charge in [-0.05, 0) is 30.7 Å². The fourth-order valence-corrected chi connectivity index (χ4v) is 7.38. The second kappa shape index (κ2) is 19.3. The van der Waals surface area contributed by atoms with Crippen molar-refractivity contribution in [2.24, 2.45) is 5.92 Å². The number of anilines is 2. The SMILES string of the molecule is CCCCCCCCCCCCCCCCCCC1CC(=O)N(N(c2ccccc2)c2cc(=O)n(-c3c(Cl)cc(Cl)cc3Cl)[nH]2)C1=O. The highest BCUT2D eigenvalue weighted by atomic mass is 35.5. The maximum absolute atomic E-state index is 13.7. The third kappa shape index (κ3) is 10.6. The van der Waals surface area contributed by atoms with Crippen molar-refractivity contribution in [2.45, 2.75) is 122 Å². The molecule has 1 aliphatic rings. The lowest BCUT2D eigenvalue weighted by molar-refractivity contribution is -0.139. The molecule has 2 amide bonds. The maximum atomic E-state index is 13.7. The molecule has 10 heteroatoms. The Labute approximate surface area is 294 Å². The molecule has 1 aliphatic heterocycles. The fraction of sp³-hybridized carbons (Fsp3) is 0.541. The van der Waals surface area contributed by atoms with Gasteiger partial charge in [-0.25, -0.2) is 9.69 Å². The largest absolute Gasteiger partial charge is 0.274 e. The number of hydrogen-bond acceptors (Lipinski definition) is 4. The Morgan fingerprint density at radius 1 is 0.723 bits per heavy atom. The van der Waals surface area contributed by atoms with Crippen LogP contribution in [-0.2, 0) is 9.59 Å². The quantitative estimate of drug-likeness (QED) is 0.0885. The highest BCUT2D eigenvalue weighted by Gasteiger charge is 2.43. The number of carbonyl (C=O) groups excluding carboxylic acids is 2. The molecular weight excluding hydrogens is 655 g/mol. The highest BCUT2D eigenvalue weighted by Crippen LogP contribution is 2.35. The Morgan fingerprint density at radius 2 is 1.23 bits per heavy atom. The molecule has 0 spiro atoms. The van der Waals surface area contributed by atoms with Gasteiger partial charge in [0.05, 0.1) is 15.7 Å². The predicted octanol–water partition coefficient (Wildman–Crippen LogP) is 11.2. The summed E-state index contributed by atoms with van der Waals surface area (Å²) in [6, 6.07) is 13.3. The number of imide groups is 1. The van der Waals surface area contributed by atoms with Crippen molar-refractivity contribution in [2.75, 3.05) is 5.01 Å². The number of rotatable bonds is 21. The van der Waals surface area contributed by atoms with E-state index in [1.807, 2.05) is 18.2 Å². The van der Waals surface area contributed by atoms with Crippen LogP contribution < -0.4 is 10.6 Å². The van der Waals surface area contributed by atoms with Gasteiger partial charge in [0.1, 0.15) is 5.69 Å². The Balaban J connectivity index is 1.26. The van der Waals surface area contributed by atoms with Gasteiger partial charge in [0.25, 0.3) is 11.5 Å². The third-order valence-corrected chi connectivity index (χ3v) is 9.76. The van der Waals surface area contributed by atoms with E-state index in [4.69, 9.17) is 34.8 Å². The second-order valence-corrected chi connectivity index (χ2v) is 14.0. The Hall–Kier alpha value is -2.74. The lowest BCUT2D eigenvalue weighted by atomic mass is 9.98. The predicted molar refractivity (Wildman–Crippen MR) is 194 cm³/mol. The number of benzene rings is 2. The molecule has 0 bridgehead atoms. The number of H-pyrrole nitrogens is 1. The summed E-state index contributed by atoms with van der Waals surface area (Å²) >= 11 is 18.9. The summed E-state index contributed by atoms with van der Waals surface area (Å²) in [5.74, 6) is -0.741. The van der Waals surface area contributed by atoms with Crippen LogP contribution in [0.5, 0.6) is 0 Å². The van der Waals surface area contributed by atoms with Gasteiger partial charge in [-0.1, -0.05) is 163 Å². The first-order chi connectivity index (χ1) is 22.8. The summed E-state index contributed by atoms with van der Waals surface area (Å²) in [4.78, 5) is 40.2. The number of nitrogens with one attached hydrogen (secondary N) is 1. The lowest BCUT2D eigenvalue weighted by Gasteiger charge is -2.30. The van der Waals surface area contributed by atoms with E-state index in [9.17, 15) is 14.4 Å². The average Bonchev–Trinajstić information content (AvgIpc) is 3.55. The number of halogens is 3. The molecule has 1 saturated heterocycles. The normalized spacial score (nSPS) is 14.8. The van der Waals surface area contributed by atoms with Gasteiger partial charge < -0.3 is 0 Å². The van der Waals surface area contributed by atoms with E-state index in [1.165, 1.54) is 111 Å². The van der Waals surface area contributed by atoms with E-state index >= 15 is 0 Å². The van der Waals surface area contributed by atoms with E-state index in [1.54, 1.807) is 12.1 Å². The van der Waals surface area contributed by atoms with Gasteiger partial charge in [0, 0.05) is 23.4 Å². The molecule has 0 saturated carbocycles. The van der Waals surface area contributed by atoms with Gasteiger partial charge in [0.15, 0.2) is 5.82 Å². The number of hydrazine groups is 1. The van der Waals surface area contributed by atoms with Crippen molar-refractivity contribution < 1.29 is 9.59 Å². The smallest absolute Gasteiger partial charge is 0.273 e. The van der Waals surface area contributed by atoms with Crippen LogP contribution in [-0.4, -0.2) is 26.6 Å². The Bertz CT molecular complexity index is 1470. The zero-order valence-electron chi connectivity index (χ0n) is 27.6. The van der Waals surface area contributed by atoms with Crippen molar-refractivity contribution in [3.05, 3.63) is 74.0 Å². The minimum Gasteiger partial charge on any atom is -0.274 e. The van der Waals surface area contributed by atoms with Crippen LogP contribution in [0.3, 0.4) is 0 Å². The molecule has 1 fully saturated rings. The Morgan fingerprint density at radius 3 is 1.77 bits per heavy atom. The van der Waals surface area contributed by atoms with Gasteiger partial charge in [-0.3, -0.25) is 19.5 Å². The van der Waals surface area contributed by atoms with E-state index in [0.29, 0.717) is 17.1 Å². The molecule has 7 nitrogen and oxygen atoms in total. The molecule has 1 atom stereocenters. The number of hydrogen-bond donors (Lipinski definition) is 1. The van der Waals surface area contributed by atoms with Crippen LogP contribution in [0.15, 0.2) is 53.3 Å². The van der Waals surface area contributed by atoms with Crippen LogP contribution in [0.25, 0.3) is 5.69 Å². The second-order valence-electron chi connectivity index (χ2n) is 12.7. The molecule has 2 aromatic carbocycles. The third-order valence-electron chi connectivity index (χ3n) is 8.96. The minimum absolute atomic E-state index is 0.140. The molecule has 1 aromatic heterocycles. The summed E-state index contributed by atoms with van der Waals surface area (Å²) in [6.45, 7) is 2.27. The lowest BCUT2D eigenvalue weighted by Crippen LogP contribution is -2.44. The zero-order valence-corrected chi connectivity index (χ0v) is 29.9. The van der Waals surface area contributed by atoms with Crippen LogP contribution in [0.2, 0.25) is 15.1 Å². The summed E-state index contributed by atoms with van der Waals surface area (Å²) < 4.78 is 1.19. The minimum atomic E-state index is -0.462. The number of nitrogens with zero attached hydrogens (tertiary/aromatic N) is 3. The average molecular weight is 704 g/mol. The van der Waals surface area contributed by atoms with E-state index < -0.39 is 11.5 Å². The summed E-state index contributed by atoms with van der Waals surface area (Å²) in [6.07, 6.45) is 21.4. The standard InChI is InChI=1S/C37H49Cl3N4O3/c1-2-3-4-5-6-7-8-9-10-11-12-13-14-15-16-18-21-28-24-35(46)44(37(28)47)43(30-22-19-17-20-23-30)33-27-34(45)42(41-33)36-31(39)25-29(38)26-32(36)40/h17,19-20,22-23,25-28,41H,2-16,18,21,24H2,1H3. The van der Waals surface area contributed by atoms with Crippen LogP contribution in [0.4, 0.5) is 11.5 Å². The van der Waals surface area contributed by atoms with Crippen molar-refractivity contribution in [1.82, 2.24) is 14.8 Å². The van der Waals surface area contributed by atoms with Crippen molar-refractivity contribution in [3.63, 3.8) is 0 Å². The molecule has 3 aromatic rings. The Kier molecular flexibility index (Phi) is 15.2.